The van der Waals surface area contributed by atoms with Crippen LogP contribution in [-0.2, 0) is 17.6 Å². The molecule has 12 heteroatoms. The topological polar surface area (TPSA) is 133 Å². The Morgan fingerprint density at radius 1 is 0.567 bits per heavy atom. The Kier molecular flexibility index (Phi) is 11.3. The van der Waals surface area contributed by atoms with Crippen molar-refractivity contribution in [1.29, 1.82) is 0 Å². The van der Waals surface area contributed by atoms with Gasteiger partial charge in [-0.15, -0.1) is 0 Å². The maximum absolute atomic E-state index is 13.4. The molecule has 8 aromatic rings. The molecule has 4 aromatic carbocycles. The zero-order chi connectivity index (χ0) is 41.3. The molecule has 0 amide bonds. The minimum Gasteiger partial charge on any atom is -0.391 e. The molecule has 302 valence electrons. The molecular weight excluding hydrogens is 795 g/mol. The molecule has 2 fully saturated rings. The number of aliphatic hydroxyl groups is 1. The van der Waals surface area contributed by atoms with Gasteiger partial charge in [-0.25, -0.2) is 19.9 Å². The molecule has 10 rings (SSSR count). The third-order valence-electron chi connectivity index (χ3n) is 12.0. The van der Waals surface area contributed by atoms with Gasteiger partial charge in [-0.05, 0) is 95.8 Å². The van der Waals surface area contributed by atoms with E-state index in [2.05, 4.69) is 26.0 Å². The second-order valence-electron chi connectivity index (χ2n) is 15.8. The third kappa shape index (κ3) is 7.83. The fourth-order valence-electron chi connectivity index (χ4n) is 8.98. The van der Waals surface area contributed by atoms with Crippen LogP contribution in [0.5, 0.6) is 0 Å². The summed E-state index contributed by atoms with van der Waals surface area (Å²) in [5.41, 5.74) is 5.24. The first-order valence-electron chi connectivity index (χ1n) is 20.5. The summed E-state index contributed by atoms with van der Waals surface area (Å²) in [6.45, 7) is 0. The second-order valence-corrected chi connectivity index (χ2v) is 16.6. The molecule has 0 spiro atoms. The van der Waals surface area contributed by atoms with Gasteiger partial charge < -0.3 is 5.11 Å². The van der Waals surface area contributed by atoms with E-state index in [1.54, 1.807) is 41.7 Å². The minimum absolute atomic E-state index is 0.0906. The number of hydrogen-bond donors (Lipinski definition) is 1. The van der Waals surface area contributed by atoms with Crippen LogP contribution in [0.3, 0.4) is 0 Å². The number of aromatic nitrogens is 6. The number of fused-ring (bicyclic) bond motifs is 6. The first kappa shape index (κ1) is 39.6. The second kappa shape index (κ2) is 17.0. The van der Waals surface area contributed by atoms with Crippen LogP contribution >= 0.6 is 23.2 Å². The number of Topliss-reactive ketones (excluding diaryl/α,β-unsaturated/α-hetero) is 1. The summed E-state index contributed by atoms with van der Waals surface area (Å²) in [5.74, 6) is 0.123. The number of aliphatic hydroxyl groups excluding tert-OH is 1. The zero-order valence-electron chi connectivity index (χ0n) is 32.8. The highest BCUT2D eigenvalue weighted by atomic mass is 35.5. The number of carbonyl (C=O) groups is 1. The van der Waals surface area contributed by atoms with E-state index in [-0.39, 0.29) is 22.9 Å². The van der Waals surface area contributed by atoms with Crippen molar-refractivity contribution in [1.82, 2.24) is 29.1 Å². The van der Waals surface area contributed by atoms with Gasteiger partial charge in [0.15, 0.2) is 5.78 Å². The van der Waals surface area contributed by atoms with Gasteiger partial charge >= 0.3 is 0 Å². The van der Waals surface area contributed by atoms with E-state index in [1.807, 2.05) is 66.7 Å². The van der Waals surface area contributed by atoms with Gasteiger partial charge in [-0.2, -0.15) is 0 Å². The maximum atomic E-state index is 13.4. The molecular formula is C48H42Cl2N6O4. The molecule has 1 N–H and O–H groups in total. The lowest BCUT2D eigenvalue weighted by molar-refractivity contribution is -0.123. The standard InChI is InChI=1S/C24H22ClN3O2.C24H20ClN3O2/c2*25-22-10-9-15(13-26-22)11-16-12-19-23(18-6-2-1-5-17(16)18)27-14-28(24(19)30)20-7-3-4-8-21(20)29/h1-2,5-6,9-10,12-14,20-21,29H,3-4,7-8,11H2;1-2,5-6,9-10,12-14,20H,3-4,7-8,11H2/t20-,21-;/m0./s1. The number of rotatable bonds is 6. The summed E-state index contributed by atoms with van der Waals surface area (Å²) >= 11 is 11.8. The Balaban J connectivity index is 0.000000154. The van der Waals surface area contributed by atoms with Crippen LogP contribution in [0.2, 0.25) is 10.3 Å². The van der Waals surface area contributed by atoms with Crippen molar-refractivity contribution in [3.8, 4) is 0 Å². The van der Waals surface area contributed by atoms with E-state index in [0.717, 1.165) is 82.3 Å². The number of nitrogens with zero attached hydrogens (tertiary/aromatic N) is 6. The van der Waals surface area contributed by atoms with Crippen LogP contribution < -0.4 is 11.1 Å². The average molecular weight is 838 g/mol. The predicted octanol–water partition coefficient (Wildman–Crippen LogP) is 9.54. The van der Waals surface area contributed by atoms with E-state index in [0.29, 0.717) is 57.8 Å². The highest BCUT2D eigenvalue weighted by Gasteiger charge is 2.27. The van der Waals surface area contributed by atoms with Crippen LogP contribution in [0.4, 0.5) is 0 Å². The van der Waals surface area contributed by atoms with E-state index in [4.69, 9.17) is 23.2 Å². The number of halogens is 2. The molecule has 2 aliphatic carbocycles. The largest absolute Gasteiger partial charge is 0.391 e. The molecule has 2 aliphatic rings. The lowest BCUT2D eigenvalue weighted by Crippen LogP contribution is -2.34. The molecule has 60 heavy (non-hydrogen) atoms. The van der Waals surface area contributed by atoms with E-state index in [9.17, 15) is 19.5 Å². The Bertz CT molecular complexity index is 3020. The van der Waals surface area contributed by atoms with Crippen LogP contribution in [0, 0.1) is 0 Å². The Hall–Kier alpha value is -5.81. The van der Waals surface area contributed by atoms with Gasteiger partial charge in [0.25, 0.3) is 11.1 Å². The summed E-state index contributed by atoms with van der Waals surface area (Å²) in [6, 6.07) is 26.7. The highest BCUT2D eigenvalue weighted by Crippen LogP contribution is 2.32. The lowest BCUT2D eigenvalue weighted by Gasteiger charge is -2.29. The van der Waals surface area contributed by atoms with Crippen LogP contribution in [-0.4, -0.2) is 46.1 Å². The van der Waals surface area contributed by atoms with Crippen molar-refractivity contribution < 1.29 is 9.90 Å². The minimum atomic E-state index is -0.504. The maximum Gasteiger partial charge on any atom is 0.261 e. The summed E-state index contributed by atoms with van der Waals surface area (Å²) < 4.78 is 3.17. The van der Waals surface area contributed by atoms with Crippen molar-refractivity contribution in [3.63, 3.8) is 0 Å². The number of ketones is 1. The zero-order valence-corrected chi connectivity index (χ0v) is 34.3. The number of pyridine rings is 2. The fourth-order valence-corrected chi connectivity index (χ4v) is 9.21. The van der Waals surface area contributed by atoms with E-state index >= 15 is 0 Å². The number of hydrogen-bond acceptors (Lipinski definition) is 8. The van der Waals surface area contributed by atoms with Gasteiger partial charge in [0.2, 0.25) is 0 Å². The van der Waals surface area contributed by atoms with Crippen molar-refractivity contribution in [3.05, 3.63) is 163 Å². The van der Waals surface area contributed by atoms with Crippen LogP contribution in [0.1, 0.15) is 85.7 Å². The quantitative estimate of drug-likeness (QED) is 0.129. The van der Waals surface area contributed by atoms with Gasteiger partial charge in [0.05, 0.1) is 52.6 Å². The molecule has 4 aromatic heterocycles. The fraction of sp³-hybridized carbons (Fsp3) is 0.271. The highest BCUT2D eigenvalue weighted by molar-refractivity contribution is 6.29. The molecule has 10 nitrogen and oxygen atoms in total. The molecule has 0 bridgehead atoms. The van der Waals surface area contributed by atoms with Gasteiger partial charge in [0.1, 0.15) is 10.3 Å². The Labute approximate surface area is 355 Å². The first-order chi connectivity index (χ1) is 29.2. The third-order valence-corrected chi connectivity index (χ3v) is 12.5. The predicted molar refractivity (Wildman–Crippen MR) is 237 cm³/mol. The summed E-state index contributed by atoms with van der Waals surface area (Å²) in [5, 5.41) is 16.5. The summed E-state index contributed by atoms with van der Waals surface area (Å²) in [7, 11) is 0. The molecule has 0 aliphatic heterocycles. The number of carbonyl (C=O) groups excluding carboxylic acids is 1. The van der Waals surface area contributed by atoms with Crippen molar-refractivity contribution >= 4 is 72.3 Å². The smallest absolute Gasteiger partial charge is 0.261 e. The normalized spacial score (nSPS) is 18.2. The summed E-state index contributed by atoms with van der Waals surface area (Å²) in [6.07, 6.45) is 14.0. The molecule has 2 saturated carbocycles. The number of benzene rings is 4. The molecule has 1 unspecified atom stereocenters. The summed E-state index contributed by atoms with van der Waals surface area (Å²) in [4.78, 5) is 56.9. The average Bonchev–Trinajstić information content (AvgIpc) is 3.27. The van der Waals surface area contributed by atoms with E-state index < -0.39 is 12.1 Å². The van der Waals surface area contributed by atoms with Crippen molar-refractivity contribution in [2.24, 2.45) is 0 Å². The lowest BCUT2D eigenvalue weighted by atomic mass is 9.92. The Morgan fingerprint density at radius 3 is 1.58 bits per heavy atom. The van der Waals surface area contributed by atoms with Crippen LogP contribution in [0.25, 0.3) is 43.4 Å². The van der Waals surface area contributed by atoms with Gasteiger partial charge in [0, 0.05) is 29.6 Å². The molecule has 3 atom stereocenters. The van der Waals surface area contributed by atoms with Crippen molar-refractivity contribution in [2.75, 3.05) is 0 Å². The monoisotopic (exact) mass is 836 g/mol. The first-order valence-corrected chi connectivity index (χ1v) is 21.2. The SMILES string of the molecule is O=C1CCCCC1n1cnc2c(cc(Cc3ccc(Cl)nc3)c3ccccc32)c1=O.O=c1c2cc(Cc3ccc(Cl)nc3)c3ccccc3c2ncn1[C@H]1CCCC[C@@H]1O. The molecule has 0 radical (unpaired) electrons. The molecule has 4 heterocycles. The Morgan fingerprint density at radius 2 is 1.07 bits per heavy atom. The van der Waals surface area contributed by atoms with Gasteiger partial charge in [-0.3, -0.25) is 23.5 Å². The van der Waals surface area contributed by atoms with Crippen LogP contribution in [0.15, 0.2) is 120 Å². The van der Waals surface area contributed by atoms with Gasteiger partial charge in [-0.1, -0.05) is 103 Å². The molecule has 0 saturated heterocycles. The van der Waals surface area contributed by atoms with Crippen molar-refractivity contribution in [2.45, 2.75) is 82.4 Å². The van der Waals surface area contributed by atoms with E-state index in [1.165, 1.54) is 4.57 Å².